The van der Waals surface area contributed by atoms with Crippen LogP contribution in [0, 0.1) is 0 Å². The third kappa shape index (κ3) is 6.46. The van der Waals surface area contributed by atoms with E-state index >= 15 is 0 Å². The van der Waals surface area contributed by atoms with E-state index in [9.17, 15) is 24.6 Å². The molecule has 188 valence electrons. The minimum absolute atomic E-state index is 0.137. The monoisotopic (exact) mass is 501 g/mol. The number of amides is 3. The van der Waals surface area contributed by atoms with Gasteiger partial charge in [0.05, 0.1) is 19.0 Å². The zero-order chi connectivity index (χ0) is 25.6. The quantitative estimate of drug-likeness (QED) is 0.415. The zero-order valence-corrected chi connectivity index (χ0v) is 20.7. The molecule has 4 N–H and O–H groups in total. The average molecular weight is 502 g/mol. The summed E-state index contributed by atoms with van der Waals surface area (Å²) < 4.78 is 4.59. The van der Waals surface area contributed by atoms with Gasteiger partial charge in [-0.25, -0.2) is 9.59 Å². The number of methoxy groups -OCH3 is 1. The van der Waals surface area contributed by atoms with E-state index in [4.69, 9.17) is 4.74 Å². The Kier molecular flexibility index (Phi) is 8.63. The maximum absolute atomic E-state index is 13.2. The molecule has 1 aliphatic rings. The summed E-state index contributed by atoms with van der Waals surface area (Å²) in [6, 6.07) is 13.7. The Morgan fingerprint density at radius 1 is 1.14 bits per heavy atom. The van der Waals surface area contributed by atoms with E-state index in [-0.39, 0.29) is 18.8 Å². The third-order valence-corrected chi connectivity index (χ3v) is 7.32. The van der Waals surface area contributed by atoms with Crippen molar-refractivity contribution in [3.63, 3.8) is 0 Å². The highest BCUT2D eigenvalue weighted by Gasteiger charge is 2.50. The van der Waals surface area contributed by atoms with Crippen LogP contribution in [0.15, 0.2) is 54.6 Å². The summed E-state index contributed by atoms with van der Waals surface area (Å²) >= 11 is 1.33. The maximum Gasteiger partial charge on any atom is 0.327 e. The Morgan fingerprint density at radius 3 is 2.46 bits per heavy atom. The second-order valence-corrected chi connectivity index (χ2v) is 10.4. The van der Waals surface area contributed by atoms with Gasteiger partial charge in [0.25, 0.3) is 5.91 Å². The van der Waals surface area contributed by atoms with Gasteiger partial charge >= 0.3 is 12.0 Å². The number of rotatable bonds is 9. The van der Waals surface area contributed by atoms with Crippen molar-refractivity contribution in [3.05, 3.63) is 65.7 Å². The topological polar surface area (TPSA) is 128 Å². The number of urea groups is 1. The third-order valence-electron chi connectivity index (χ3n) is 5.94. The van der Waals surface area contributed by atoms with Gasteiger partial charge in [0, 0.05) is 16.9 Å². The van der Waals surface area contributed by atoms with Crippen molar-refractivity contribution in [2.45, 2.75) is 49.7 Å². The number of aliphatic carboxylic acids is 1. The van der Waals surface area contributed by atoms with E-state index in [0.29, 0.717) is 5.75 Å². The molecule has 2 aromatic carbocycles. The summed E-state index contributed by atoms with van der Waals surface area (Å²) in [7, 11) is 1.54. The van der Waals surface area contributed by atoms with Crippen LogP contribution in [0.4, 0.5) is 4.79 Å². The predicted molar refractivity (Wildman–Crippen MR) is 133 cm³/mol. The van der Waals surface area contributed by atoms with Gasteiger partial charge < -0.3 is 30.5 Å². The Hall–Kier alpha value is -3.24. The van der Waals surface area contributed by atoms with Crippen LogP contribution in [0.5, 0.6) is 5.75 Å². The molecule has 3 rings (SSSR count). The van der Waals surface area contributed by atoms with Crippen LogP contribution in [-0.4, -0.2) is 68.9 Å². The molecule has 0 radical (unpaired) electrons. The number of thioether (sulfide) groups is 1. The smallest absolute Gasteiger partial charge is 0.327 e. The molecule has 3 atom stereocenters. The number of aliphatic hydroxyl groups is 1. The fourth-order valence-corrected chi connectivity index (χ4v) is 5.22. The first-order valence-corrected chi connectivity index (χ1v) is 12.2. The van der Waals surface area contributed by atoms with E-state index in [1.54, 1.807) is 27.0 Å². The van der Waals surface area contributed by atoms with E-state index in [1.807, 2.05) is 48.5 Å². The number of carboxylic acid groups (broad SMARTS) is 1. The van der Waals surface area contributed by atoms with Gasteiger partial charge in [0.15, 0.2) is 6.10 Å². The van der Waals surface area contributed by atoms with Gasteiger partial charge in [0.2, 0.25) is 0 Å². The van der Waals surface area contributed by atoms with Crippen LogP contribution in [0.2, 0.25) is 0 Å². The number of ether oxygens (including phenoxy) is 1. The Labute approximate surface area is 208 Å². The number of carbonyl (C=O) groups excluding carboxylic acids is 2. The fourth-order valence-electron chi connectivity index (χ4n) is 4.08. The molecule has 0 aliphatic carbocycles. The number of aliphatic hydroxyl groups excluding tert-OH is 1. The molecule has 1 aliphatic heterocycles. The number of carboxylic acids is 1. The molecule has 0 bridgehead atoms. The molecule has 3 amide bonds. The number of nitrogens with one attached hydrogen (secondary N) is 2. The van der Waals surface area contributed by atoms with Crippen LogP contribution in [-0.2, 0) is 22.6 Å². The number of hydrogen-bond acceptors (Lipinski definition) is 6. The Morgan fingerprint density at radius 2 is 1.80 bits per heavy atom. The van der Waals surface area contributed by atoms with Crippen LogP contribution < -0.4 is 15.4 Å². The molecule has 1 fully saturated rings. The second-order valence-electron chi connectivity index (χ2n) is 8.81. The maximum atomic E-state index is 13.2. The van der Waals surface area contributed by atoms with Gasteiger partial charge in [-0.3, -0.25) is 4.79 Å². The highest BCUT2D eigenvalue weighted by Crippen LogP contribution is 2.39. The molecule has 0 saturated carbocycles. The van der Waals surface area contributed by atoms with Crippen LogP contribution in [0.1, 0.15) is 25.0 Å². The van der Waals surface area contributed by atoms with Crippen molar-refractivity contribution in [1.82, 2.24) is 15.5 Å². The molecular formula is C25H31N3O6S. The SMILES string of the molecule is COc1ccccc1CNC(=O)NC(Cc1ccccc1)C(O)C(=O)N1CSC(C)(C)C1C(=O)O. The number of carbonyl (C=O) groups is 3. The molecule has 0 aromatic heterocycles. The van der Waals surface area contributed by atoms with Gasteiger partial charge in [-0.15, -0.1) is 11.8 Å². The summed E-state index contributed by atoms with van der Waals surface area (Å²) in [5.41, 5.74) is 1.57. The summed E-state index contributed by atoms with van der Waals surface area (Å²) in [5, 5.41) is 26.2. The highest BCUT2D eigenvalue weighted by atomic mass is 32.2. The van der Waals surface area contributed by atoms with E-state index < -0.39 is 40.8 Å². The van der Waals surface area contributed by atoms with Crippen molar-refractivity contribution in [2.24, 2.45) is 0 Å². The number of hydrogen-bond donors (Lipinski definition) is 4. The summed E-state index contributed by atoms with van der Waals surface area (Å²) in [4.78, 5) is 39.0. The molecule has 1 heterocycles. The first-order valence-electron chi connectivity index (χ1n) is 11.2. The highest BCUT2D eigenvalue weighted by molar-refractivity contribution is 8.00. The lowest BCUT2D eigenvalue weighted by Crippen LogP contribution is -2.57. The Bertz CT molecular complexity index is 1050. The van der Waals surface area contributed by atoms with Gasteiger partial charge in [0.1, 0.15) is 11.8 Å². The van der Waals surface area contributed by atoms with E-state index in [1.165, 1.54) is 16.7 Å². The molecule has 1 saturated heterocycles. The standard InChI is InChI=1S/C25H31N3O6S/c1-25(2)21(23(31)32)28(15-35-25)22(30)20(29)18(13-16-9-5-4-6-10-16)27-24(33)26-14-17-11-7-8-12-19(17)34-3/h4-12,18,20-21,29H,13-15H2,1-3H3,(H,31,32)(H2,26,27,33). The van der Waals surface area contributed by atoms with Crippen molar-refractivity contribution >= 4 is 29.7 Å². The first kappa shape index (κ1) is 26.4. The van der Waals surface area contributed by atoms with E-state index in [0.717, 1.165) is 11.1 Å². The number of nitrogens with zero attached hydrogens (tertiary/aromatic N) is 1. The lowest BCUT2D eigenvalue weighted by atomic mass is 9.98. The fraction of sp³-hybridized carbons (Fsp3) is 0.400. The van der Waals surface area contributed by atoms with Crippen molar-refractivity contribution in [1.29, 1.82) is 0 Å². The zero-order valence-electron chi connectivity index (χ0n) is 19.9. The van der Waals surface area contributed by atoms with Crippen molar-refractivity contribution < 1.29 is 29.3 Å². The molecule has 35 heavy (non-hydrogen) atoms. The molecular weight excluding hydrogens is 470 g/mol. The van der Waals surface area contributed by atoms with Crippen molar-refractivity contribution in [2.75, 3.05) is 13.0 Å². The lowest BCUT2D eigenvalue weighted by molar-refractivity contribution is -0.154. The van der Waals surface area contributed by atoms with Crippen molar-refractivity contribution in [3.8, 4) is 5.75 Å². The van der Waals surface area contributed by atoms with Crippen LogP contribution in [0.3, 0.4) is 0 Å². The first-order chi connectivity index (χ1) is 16.6. The van der Waals surface area contributed by atoms with Gasteiger partial charge in [-0.2, -0.15) is 0 Å². The van der Waals surface area contributed by atoms with Gasteiger partial charge in [-0.05, 0) is 31.9 Å². The predicted octanol–water partition coefficient (Wildman–Crippen LogP) is 2.23. The summed E-state index contributed by atoms with van der Waals surface area (Å²) in [6.07, 6.45) is -1.46. The molecule has 9 nitrogen and oxygen atoms in total. The molecule has 10 heteroatoms. The minimum Gasteiger partial charge on any atom is -0.496 e. The lowest BCUT2D eigenvalue weighted by Gasteiger charge is -2.31. The number of para-hydroxylation sites is 1. The van der Waals surface area contributed by atoms with E-state index in [2.05, 4.69) is 10.6 Å². The average Bonchev–Trinajstić information content (AvgIpc) is 3.17. The molecule has 0 spiro atoms. The minimum atomic E-state index is -1.64. The molecule has 3 unspecified atom stereocenters. The normalized spacial score (nSPS) is 18.4. The second kappa shape index (κ2) is 11.5. The Balaban J connectivity index is 1.75. The summed E-state index contributed by atoms with van der Waals surface area (Å²) in [5.74, 6) is -1.11. The molecule has 2 aromatic rings. The summed E-state index contributed by atoms with van der Waals surface area (Å²) in [6.45, 7) is 3.68. The largest absolute Gasteiger partial charge is 0.496 e. The van der Waals surface area contributed by atoms with Crippen LogP contribution >= 0.6 is 11.8 Å². The van der Waals surface area contributed by atoms with Gasteiger partial charge in [-0.1, -0.05) is 48.5 Å². The number of benzene rings is 2. The van der Waals surface area contributed by atoms with Crippen LogP contribution in [0.25, 0.3) is 0 Å².